The lowest BCUT2D eigenvalue weighted by Gasteiger charge is -2.17. The highest BCUT2D eigenvalue weighted by atomic mass is 16.5. The molecule has 0 aliphatic rings. The van der Waals surface area contributed by atoms with Crippen molar-refractivity contribution in [2.45, 2.75) is 33.1 Å². The van der Waals surface area contributed by atoms with E-state index in [0.717, 1.165) is 17.7 Å². The number of hydrogen-bond acceptors (Lipinski definition) is 7. The van der Waals surface area contributed by atoms with Crippen LogP contribution in [0.4, 0.5) is 11.8 Å². The first-order valence-corrected chi connectivity index (χ1v) is 7.09. The van der Waals surface area contributed by atoms with Gasteiger partial charge in [-0.05, 0) is 18.4 Å². The van der Waals surface area contributed by atoms with Gasteiger partial charge in [-0.15, -0.1) is 0 Å². The zero-order chi connectivity index (χ0) is 16.3. The van der Waals surface area contributed by atoms with Gasteiger partial charge in [-0.1, -0.05) is 20.8 Å². The zero-order valence-corrected chi connectivity index (χ0v) is 13.3. The van der Waals surface area contributed by atoms with Gasteiger partial charge in [0.1, 0.15) is 5.75 Å². The second-order valence-electron chi connectivity index (χ2n) is 5.13. The van der Waals surface area contributed by atoms with E-state index >= 15 is 0 Å². The molecule has 0 saturated carbocycles. The van der Waals surface area contributed by atoms with Gasteiger partial charge in [0.25, 0.3) is 0 Å². The van der Waals surface area contributed by atoms with Crippen molar-refractivity contribution in [1.82, 2.24) is 15.0 Å². The number of aryl methyl sites for hydroxylation is 1. The van der Waals surface area contributed by atoms with Gasteiger partial charge in [0, 0.05) is 5.56 Å². The van der Waals surface area contributed by atoms with E-state index in [9.17, 15) is 0 Å². The van der Waals surface area contributed by atoms with Gasteiger partial charge >= 0.3 is 0 Å². The Morgan fingerprint density at radius 3 is 2.45 bits per heavy atom. The Balaban J connectivity index is 2.48. The number of hydrogen-bond donors (Lipinski definition) is 2. The summed E-state index contributed by atoms with van der Waals surface area (Å²) in [5.74, 6) is 2.04. The summed E-state index contributed by atoms with van der Waals surface area (Å²) in [5.41, 5.74) is 13.1. The van der Waals surface area contributed by atoms with E-state index < -0.39 is 0 Å². The molecule has 0 amide bonds. The molecule has 0 saturated heterocycles. The van der Waals surface area contributed by atoms with Crippen LogP contribution in [0, 0.1) is 0 Å². The maximum atomic E-state index is 5.87. The zero-order valence-electron chi connectivity index (χ0n) is 13.3. The Labute approximate surface area is 129 Å². The molecule has 0 bridgehead atoms. The Kier molecular flexibility index (Phi) is 4.65. The number of anilines is 2. The van der Waals surface area contributed by atoms with Crippen molar-refractivity contribution in [1.29, 1.82) is 0 Å². The lowest BCUT2D eigenvalue weighted by atomic mass is 10.1. The Morgan fingerprint density at radius 2 is 1.91 bits per heavy atom. The lowest BCUT2D eigenvalue weighted by Crippen LogP contribution is -2.05. The number of nitrogens with two attached hydrogens (primary N) is 2. The SMILES string of the molecule is CCc1cc(Oc2cnc(N)nc2N)c(C(C)C)nc1OC. The van der Waals surface area contributed by atoms with Gasteiger partial charge in [0.05, 0.1) is 19.0 Å². The number of ether oxygens (including phenoxy) is 2. The molecular weight excluding hydrogens is 282 g/mol. The van der Waals surface area contributed by atoms with Crippen LogP contribution in [0.5, 0.6) is 17.4 Å². The first kappa shape index (κ1) is 15.8. The number of nitrogen functional groups attached to an aromatic ring is 2. The first-order valence-electron chi connectivity index (χ1n) is 7.09. The predicted octanol–water partition coefficient (Wildman–Crippen LogP) is 2.52. The number of methoxy groups -OCH3 is 1. The maximum absolute atomic E-state index is 5.87. The summed E-state index contributed by atoms with van der Waals surface area (Å²) >= 11 is 0. The average molecular weight is 303 g/mol. The Bertz CT molecular complexity index is 673. The second-order valence-corrected chi connectivity index (χ2v) is 5.13. The van der Waals surface area contributed by atoms with Crippen molar-refractivity contribution in [3.8, 4) is 17.4 Å². The first-order chi connectivity index (χ1) is 10.5. The van der Waals surface area contributed by atoms with Gasteiger partial charge in [-0.3, -0.25) is 0 Å². The normalized spacial score (nSPS) is 10.8. The average Bonchev–Trinajstić information content (AvgIpc) is 2.49. The molecule has 2 rings (SSSR count). The molecule has 2 heterocycles. The van der Waals surface area contributed by atoms with Crippen LogP contribution in [0.15, 0.2) is 12.3 Å². The van der Waals surface area contributed by atoms with Crippen molar-refractivity contribution < 1.29 is 9.47 Å². The summed E-state index contributed by atoms with van der Waals surface area (Å²) < 4.78 is 11.2. The van der Waals surface area contributed by atoms with Gasteiger partial charge in [-0.2, -0.15) is 4.98 Å². The largest absolute Gasteiger partial charge is 0.481 e. The molecule has 7 nitrogen and oxygen atoms in total. The van der Waals surface area contributed by atoms with Crippen molar-refractivity contribution in [2.75, 3.05) is 18.6 Å². The molecule has 0 aromatic carbocycles. The number of rotatable bonds is 5. The molecule has 22 heavy (non-hydrogen) atoms. The topological polar surface area (TPSA) is 109 Å². The Morgan fingerprint density at radius 1 is 1.18 bits per heavy atom. The van der Waals surface area contributed by atoms with Crippen molar-refractivity contribution in [3.63, 3.8) is 0 Å². The van der Waals surface area contributed by atoms with E-state index in [1.807, 2.05) is 26.8 Å². The summed E-state index contributed by atoms with van der Waals surface area (Å²) in [4.78, 5) is 12.3. The van der Waals surface area contributed by atoms with Crippen molar-refractivity contribution >= 4 is 11.8 Å². The highest BCUT2D eigenvalue weighted by Gasteiger charge is 2.17. The number of aromatic nitrogens is 3. The van der Waals surface area contributed by atoms with Crippen LogP contribution in [0.3, 0.4) is 0 Å². The van der Waals surface area contributed by atoms with E-state index in [-0.39, 0.29) is 17.7 Å². The number of pyridine rings is 1. The van der Waals surface area contributed by atoms with E-state index in [2.05, 4.69) is 15.0 Å². The molecule has 0 aliphatic heterocycles. The third kappa shape index (κ3) is 3.19. The van der Waals surface area contributed by atoms with Crippen LogP contribution in [0.25, 0.3) is 0 Å². The molecule has 0 atom stereocenters. The minimum absolute atomic E-state index is 0.107. The van der Waals surface area contributed by atoms with Gasteiger partial charge in [-0.25, -0.2) is 9.97 Å². The molecule has 0 spiro atoms. The van der Waals surface area contributed by atoms with E-state index in [4.69, 9.17) is 20.9 Å². The van der Waals surface area contributed by atoms with Gasteiger partial charge in [0.2, 0.25) is 11.8 Å². The lowest BCUT2D eigenvalue weighted by molar-refractivity contribution is 0.385. The van der Waals surface area contributed by atoms with Crippen LogP contribution in [-0.4, -0.2) is 22.1 Å². The molecule has 0 aliphatic carbocycles. The summed E-state index contributed by atoms with van der Waals surface area (Å²) in [7, 11) is 1.61. The molecule has 2 aromatic heterocycles. The minimum atomic E-state index is 0.107. The molecule has 7 heteroatoms. The van der Waals surface area contributed by atoms with Crippen molar-refractivity contribution in [3.05, 3.63) is 23.5 Å². The van der Waals surface area contributed by atoms with E-state index in [0.29, 0.717) is 17.4 Å². The fraction of sp³-hybridized carbons (Fsp3) is 0.400. The van der Waals surface area contributed by atoms with Crippen LogP contribution in [0.2, 0.25) is 0 Å². The fourth-order valence-corrected chi connectivity index (χ4v) is 2.05. The molecule has 4 N–H and O–H groups in total. The summed E-state index contributed by atoms with van der Waals surface area (Å²) in [6.07, 6.45) is 2.23. The Hall–Kier alpha value is -2.57. The van der Waals surface area contributed by atoms with E-state index in [1.54, 1.807) is 7.11 Å². The van der Waals surface area contributed by atoms with Gasteiger partial charge < -0.3 is 20.9 Å². The molecule has 0 unspecified atom stereocenters. The summed E-state index contributed by atoms with van der Waals surface area (Å²) in [6.45, 7) is 6.09. The molecule has 118 valence electrons. The smallest absolute Gasteiger partial charge is 0.222 e. The molecule has 2 aromatic rings. The van der Waals surface area contributed by atoms with Crippen LogP contribution >= 0.6 is 0 Å². The van der Waals surface area contributed by atoms with E-state index in [1.165, 1.54) is 6.20 Å². The molecule has 0 radical (unpaired) electrons. The maximum Gasteiger partial charge on any atom is 0.222 e. The molecular formula is C15H21N5O2. The van der Waals surface area contributed by atoms with Crippen LogP contribution in [0.1, 0.15) is 37.9 Å². The highest BCUT2D eigenvalue weighted by Crippen LogP contribution is 2.35. The van der Waals surface area contributed by atoms with Crippen molar-refractivity contribution in [2.24, 2.45) is 0 Å². The predicted molar refractivity (Wildman–Crippen MR) is 85.2 cm³/mol. The van der Waals surface area contributed by atoms with Crippen LogP contribution < -0.4 is 20.9 Å². The minimum Gasteiger partial charge on any atom is -0.481 e. The monoisotopic (exact) mass is 303 g/mol. The number of nitrogens with zero attached hydrogens (tertiary/aromatic N) is 3. The quantitative estimate of drug-likeness (QED) is 0.873. The highest BCUT2D eigenvalue weighted by molar-refractivity contribution is 5.50. The third-order valence-corrected chi connectivity index (χ3v) is 3.20. The second kappa shape index (κ2) is 6.46. The van der Waals surface area contributed by atoms with Crippen LogP contribution in [-0.2, 0) is 6.42 Å². The summed E-state index contributed by atoms with van der Waals surface area (Å²) in [6, 6.07) is 1.91. The summed E-state index contributed by atoms with van der Waals surface area (Å²) in [5, 5.41) is 0. The standard InChI is InChI=1S/C15H21N5O2/c1-5-9-6-10(12(8(2)3)19-14(9)21-4)22-11-7-18-15(17)20-13(11)16/h6-8H,5H2,1-4H3,(H4,16,17,18,20). The third-order valence-electron chi connectivity index (χ3n) is 3.20. The fourth-order valence-electron chi connectivity index (χ4n) is 2.05. The van der Waals surface area contributed by atoms with Gasteiger partial charge in [0.15, 0.2) is 11.6 Å². The molecule has 0 fully saturated rings.